The van der Waals surface area contributed by atoms with Gasteiger partial charge in [0.2, 0.25) is 21.8 Å². The molecule has 0 aliphatic carbocycles. The van der Waals surface area contributed by atoms with Gasteiger partial charge in [-0.05, 0) is 38.5 Å². The summed E-state index contributed by atoms with van der Waals surface area (Å²) in [5.41, 5.74) is 0.372. The highest BCUT2D eigenvalue weighted by Crippen LogP contribution is 2.32. The summed E-state index contributed by atoms with van der Waals surface area (Å²) in [6.07, 6.45) is 1.65. The van der Waals surface area contributed by atoms with E-state index in [9.17, 15) is 22.4 Å². The third-order valence-corrected chi connectivity index (χ3v) is 6.94. The second kappa shape index (κ2) is 12.6. The molecule has 0 radical (unpaired) electrons. The number of ether oxygens (including phenoxy) is 2. The molecule has 0 saturated carbocycles. The van der Waals surface area contributed by atoms with Crippen LogP contribution in [0.15, 0.2) is 42.5 Å². The van der Waals surface area contributed by atoms with Gasteiger partial charge in [0, 0.05) is 24.2 Å². The highest BCUT2D eigenvalue weighted by atomic mass is 32.2. The number of rotatable bonds is 12. The molecule has 0 aliphatic rings. The van der Waals surface area contributed by atoms with Crippen LogP contribution in [0.1, 0.15) is 32.8 Å². The molecule has 1 N–H and O–H groups in total. The van der Waals surface area contributed by atoms with Crippen LogP contribution < -0.4 is 19.1 Å². The van der Waals surface area contributed by atoms with Gasteiger partial charge < -0.3 is 19.7 Å². The predicted octanol–water partition coefficient (Wildman–Crippen LogP) is 2.94. The number of hydrogen-bond donors (Lipinski definition) is 1. The van der Waals surface area contributed by atoms with Crippen molar-refractivity contribution < 1.29 is 31.9 Å². The van der Waals surface area contributed by atoms with Crippen molar-refractivity contribution >= 4 is 27.5 Å². The first-order valence-corrected chi connectivity index (χ1v) is 13.3. The van der Waals surface area contributed by atoms with E-state index in [0.717, 1.165) is 10.6 Å². The molecule has 0 saturated heterocycles. The summed E-state index contributed by atoms with van der Waals surface area (Å²) in [7, 11) is -1.07. The van der Waals surface area contributed by atoms with Gasteiger partial charge in [0.05, 0.1) is 26.2 Å². The van der Waals surface area contributed by atoms with Crippen molar-refractivity contribution in [1.29, 1.82) is 0 Å². The number of carbonyl (C=O) groups is 2. The van der Waals surface area contributed by atoms with Crippen LogP contribution in [0.2, 0.25) is 0 Å². The highest BCUT2D eigenvalue weighted by molar-refractivity contribution is 7.92. The molecule has 0 heterocycles. The molecule has 0 spiro atoms. The number of sulfonamides is 1. The molecule has 2 rings (SSSR count). The van der Waals surface area contributed by atoms with Gasteiger partial charge in [0.25, 0.3) is 0 Å². The Labute approximate surface area is 212 Å². The molecule has 36 heavy (non-hydrogen) atoms. The van der Waals surface area contributed by atoms with Gasteiger partial charge in [0.1, 0.15) is 18.4 Å². The molecule has 11 heteroatoms. The Morgan fingerprint density at radius 3 is 2.25 bits per heavy atom. The number of nitrogens with one attached hydrogen (secondary N) is 1. The Morgan fingerprint density at radius 2 is 1.69 bits per heavy atom. The molecule has 0 aliphatic heterocycles. The largest absolute Gasteiger partial charge is 0.493 e. The van der Waals surface area contributed by atoms with Crippen molar-refractivity contribution in [1.82, 2.24) is 10.2 Å². The maximum absolute atomic E-state index is 14.4. The Bertz CT molecular complexity index is 1170. The lowest BCUT2D eigenvalue weighted by Gasteiger charge is -2.32. The summed E-state index contributed by atoms with van der Waals surface area (Å²) < 4.78 is 51.2. The minimum atomic E-state index is -3.93. The fourth-order valence-electron chi connectivity index (χ4n) is 3.45. The number of nitrogens with zero attached hydrogens (tertiary/aromatic N) is 2. The summed E-state index contributed by atoms with van der Waals surface area (Å²) in [6.45, 7) is 4.44. The summed E-state index contributed by atoms with van der Waals surface area (Å²) in [4.78, 5) is 27.6. The van der Waals surface area contributed by atoms with Gasteiger partial charge in [-0.3, -0.25) is 13.9 Å². The van der Waals surface area contributed by atoms with Crippen LogP contribution in [0.25, 0.3) is 0 Å². The number of methoxy groups -OCH3 is 2. The highest BCUT2D eigenvalue weighted by Gasteiger charge is 2.31. The molecule has 0 bridgehead atoms. The molecule has 0 fully saturated rings. The van der Waals surface area contributed by atoms with Gasteiger partial charge in [-0.15, -0.1) is 0 Å². The Kier molecular flexibility index (Phi) is 10.1. The maximum atomic E-state index is 14.4. The van der Waals surface area contributed by atoms with E-state index in [1.54, 1.807) is 6.07 Å². The maximum Gasteiger partial charge on any atom is 0.244 e. The zero-order valence-electron chi connectivity index (χ0n) is 21.4. The van der Waals surface area contributed by atoms with Crippen molar-refractivity contribution in [2.45, 2.75) is 45.8 Å². The van der Waals surface area contributed by atoms with Gasteiger partial charge >= 0.3 is 0 Å². The van der Waals surface area contributed by atoms with Crippen LogP contribution in [0.5, 0.6) is 11.5 Å². The molecule has 9 nitrogen and oxygen atoms in total. The van der Waals surface area contributed by atoms with E-state index in [1.807, 2.05) is 13.8 Å². The second-order valence-corrected chi connectivity index (χ2v) is 10.3. The van der Waals surface area contributed by atoms with E-state index in [1.165, 1.54) is 62.4 Å². The third-order valence-electron chi connectivity index (χ3n) is 5.80. The molecular weight excluding hydrogens is 489 g/mol. The molecule has 2 atom stereocenters. The van der Waals surface area contributed by atoms with E-state index < -0.39 is 40.2 Å². The molecular formula is C25H34FN3O6S. The molecule has 2 aromatic carbocycles. The molecule has 2 unspecified atom stereocenters. The SMILES string of the molecule is CCC(C)NC(=O)C(C)N(Cc1ccccc1F)C(=O)CN(c1ccc(OC)c(OC)c1)S(C)(=O)=O. The fraction of sp³-hybridized carbons (Fsp3) is 0.440. The second-order valence-electron chi connectivity index (χ2n) is 8.42. The van der Waals surface area contributed by atoms with Crippen LogP contribution in [-0.2, 0) is 26.2 Å². The first-order chi connectivity index (χ1) is 16.9. The van der Waals surface area contributed by atoms with E-state index in [4.69, 9.17) is 9.47 Å². The molecule has 2 amide bonds. The van der Waals surface area contributed by atoms with Crippen LogP contribution in [0.3, 0.4) is 0 Å². The molecule has 0 aromatic heterocycles. The number of carbonyl (C=O) groups excluding carboxylic acids is 2. The van der Waals surface area contributed by atoms with Crippen molar-refractivity contribution in [3.05, 3.63) is 53.8 Å². The van der Waals surface area contributed by atoms with Crippen molar-refractivity contribution in [3.8, 4) is 11.5 Å². The first kappa shape index (κ1) is 28.9. The van der Waals surface area contributed by atoms with Crippen LogP contribution in [0.4, 0.5) is 10.1 Å². The smallest absolute Gasteiger partial charge is 0.244 e. The van der Waals surface area contributed by atoms with E-state index in [2.05, 4.69) is 5.32 Å². The zero-order valence-corrected chi connectivity index (χ0v) is 22.3. The lowest BCUT2D eigenvalue weighted by atomic mass is 10.1. The van der Waals surface area contributed by atoms with E-state index >= 15 is 0 Å². The standard InChI is InChI=1S/C25H34FN3O6S/c1-7-17(2)27-25(31)18(3)28(15-19-10-8-9-11-21(19)26)24(30)16-29(36(6,32)33)20-12-13-22(34-4)23(14-20)35-5/h8-14,17-18H,7,15-16H2,1-6H3,(H,27,31). The number of benzene rings is 2. The van der Waals surface area contributed by atoms with Gasteiger partial charge in [-0.2, -0.15) is 0 Å². The summed E-state index contributed by atoms with van der Waals surface area (Å²) in [5, 5.41) is 2.82. The predicted molar refractivity (Wildman–Crippen MR) is 136 cm³/mol. The van der Waals surface area contributed by atoms with Crippen molar-refractivity contribution in [2.24, 2.45) is 0 Å². The van der Waals surface area contributed by atoms with Crippen molar-refractivity contribution in [2.75, 3.05) is 31.3 Å². The van der Waals surface area contributed by atoms with E-state index in [-0.39, 0.29) is 29.6 Å². The van der Waals surface area contributed by atoms with Crippen LogP contribution in [-0.4, -0.2) is 64.2 Å². The Morgan fingerprint density at radius 1 is 1.06 bits per heavy atom. The lowest BCUT2D eigenvalue weighted by Crippen LogP contribution is -2.52. The van der Waals surface area contributed by atoms with Gasteiger partial charge in [-0.25, -0.2) is 12.8 Å². The Balaban J connectivity index is 2.45. The van der Waals surface area contributed by atoms with Crippen LogP contribution in [0, 0.1) is 5.82 Å². The normalized spacial score (nSPS) is 12.9. The average Bonchev–Trinajstić information content (AvgIpc) is 2.84. The lowest BCUT2D eigenvalue weighted by molar-refractivity contribution is -0.139. The summed E-state index contributed by atoms with van der Waals surface area (Å²) in [6, 6.07) is 9.23. The number of anilines is 1. The summed E-state index contributed by atoms with van der Waals surface area (Å²) >= 11 is 0. The van der Waals surface area contributed by atoms with Crippen molar-refractivity contribution in [3.63, 3.8) is 0 Å². The third kappa shape index (κ3) is 7.33. The van der Waals surface area contributed by atoms with Gasteiger partial charge in [0.15, 0.2) is 11.5 Å². The number of amides is 2. The average molecular weight is 524 g/mol. The monoisotopic (exact) mass is 523 g/mol. The topological polar surface area (TPSA) is 105 Å². The summed E-state index contributed by atoms with van der Waals surface area (Å²) in [5.74, 6) is -0.973. The number of hydrogen-bond acceptors (Lipinski definition) is 6. The molecule has 198 valence electrons. The number of halogens is 1. The fourth-order valence-corrected chi connectivity index (χ4v) is 4.29. The first-order valence-electron chi connectivity index (χ1n) is 11.5. The van der Waals surface area contributed by atoms with Crippen LogP contribution >= 0.6 is 0 Å². The zero-order chi connectivity index (χ0) is 27.0. The minimum absolute atomic E-state index is 0.135. The minimum Gasteiger partial charge on any atom is -0.493 e. The van der Waals surface area contributed by atoms with Gasteiger partial charge in [-0.1, -0.05) is 25.1 Å². The quantitative estimate of drug-likeness (QED) is 0.459. The Hall–Kier alpha value is -3.34. The molecule has 2 aromatic rings. The van der Waals surface area contributed by atoms with E-state index in [0.29, 0.717) is 12.2 Å².